The Morgan fingerprint density at radius 1 is 1.38 bits per heavy atom. The summed E-state index contributed by atoms with van der Waals surface area (Å²) >= 11 is 0. The van der Waals surface area contributed by atoms with Gasteiger partial charge in [0.1, 0.15) is 0 Å². The molecule has 1 aliphatic heterocycles. The van der Waals surface area contributed by atoms with Gasteiger partial charge < -0.3 is 15.8 Å². The molecule has 0 aliphatic carbocycles. The van der Waals surface area contributed by atoms with Crippen LogP contribution in [-0.2, 0) is 4.74 Å². The summed E-state index contributed by atoms with van der Waals surface area (Å²) < 4.78 is 5.40. The first-order chi connectivity index (χ1) is 7.57. The summed E-state index contributed by atoms with van der Waals surface area (Å²) in [6.07, 6.45) is 3.49. The van der Waals surface area contributed by atoms with E-state index in [-0.39, 0.29) is 6.04 Å². The van der Waals surface area contributed by atoms with Crippen LogP contribution in [0.2, 0.25) is 0 Å². The van der Waals surface area contributed by atoms with Gasteiger partial charge in [-0.1, -0.05) is 27.2 Å². The van der Waals surface area contributed by atoms with Crippen molar-refractivity contribution < 1.29 is 4.74 Å². The third kappa shape index (κ3) is 4.40. The largest absolute Gasteiger partial charge is 0.381 e. The first kappa shape index (κ1) is 13.9. The van der Waals surface area contributed by atoms with Gasteiger partial charge in [-0.15, -0.1) is 0 Å². The molecule has 1 rings (SSSR count). The van der Waals surface area contributed by atoms with E-state index >= 15 is 0 Å². The van der Waals surface area contributed by atoms with E-state index in [0.29, 0.717) is 11.3 Å². The van der Waals surface area contributed by atoms with Gasteiger partial charge in [0.25, 0.3) is 0 Å². The second-order valence-corrected chi connectivity index (χ2v) is 5.60. The molecule has 0 amide bonds. The second kappa shape index (κ2) is 6.58. The lowest BCUT2D eigenvalue weighted by atomic mass is 9.82. The number of nitrogens with two attached hydrogens (primary N) is 1. The summed E-state index contributed by atoms with van der Waals surface area (Å²) in [7, 11) is 0. The summed E-state index contributed by atoms with van der Waals surface area (Å²) in [5.41, 5.74) is 6.51. The van der Waals surface area contributed by atoms with Crippen molar-refractivity contribution in [3.63, 3.8) is 0 Å². The molecule has 0 spiro atoms. The Balaban J connectivity index is 2.18. The molecule has 3 nitrogen and oxygen atoms in total. The van der Waals surface area contributed by atoms with Crippen molar-refractivity contribution in [2.75, 3.05) is 26.3 Å². The molecule has 0 bridgehead atoms. The predicted molar refractivity (Wildman–Crippen MR) is 68.5 cm³/mol. The average molecular weight is 228 g/mol. The minimum Gasteiger partial charge on any atom is -0.381 e. The van der Waals surface area contributed by atoms with Crippen molar-refractivity contribution >= 4 is 0 Å². The maximum atomic E-state index is 6.10. The zero-order valence-corrected chi connectivity index (χ0v) is 11.1. The molecule has 1 saturated heterocycles. The molecule has 0 saturated carbocycles. The first-order valence-corrected chi connectivity index (χ1v) is 6.61. The van der Waals surface area contributed by atoms with E-state index in [0.717, 1.165) is 32.7 Å². The standard InChI is InChI=1S/C13H28N2O/c1-4-11(2)12(14)9-15-10-13(3)5-7-16-8-6-13/h11-12,15H,4-10,14H2,1-3H3. The Kier molecular flexibility index (Phi) is 5.73. The van der Waals surface area contributed by atoms with Crippen LogP contribution in [-0.4, -0.2) is 32.3 Å². The first-order valence-electron chi connectivity index (χ1n) is 6.61. The summed E-state index contributed by atoms with van der Waals surface area (Å²) in [6, 6.07) is 0.286. The lowest BCUT2D eigenvalue weighted by molar-refractivity contribution is 0.0239. The van der Waals surface area contributed by atoms with E-state index in [9.17, 15) is 0 Å². The van der Waals surface area contributed by atoms with E-state index in [1.54, 1.807) is 0 Å². The number of hydrogen-bond donors (Lipinski definition) is 2. The molecular formula is C13H28N2O. The molecule has 0 aromatic carbocycles. The molecule has 3 N–H and O–H groups in total. The SMILES string of the molecule is CCC(C)C(N)CNCC1(C)CCOCC1. The van der Waals surface area contributed by atoms with Crippen LogP contribution in [0.4, 0.5) is 0 Å². The number of nitrogens with one attached hydrogen (secondary N) is 1. The highest BCUT2D eigenvalue weighted by Crippen LogP contribution is 2.28. The van der Waals surface area contributed by atoms with Gasteiger partial charge in [0.05, 0.1) is 0 Å². The zero-order chi connectivity index (χ0) is 12.0. The molecule has 0 aromatic heterocycles. The maximum Gasteiger partial charge on any atom is 0.0471 e. The van der Waals surface area contributed by atoms with Crippen LogP contribution < -0.4 is 11.1 Å². The fourth-order valence-electron chi connectivity index (χ4n) is 2.09. The maximum absolute atomic E-state index is 6.10. The molecule has 3 heteroatoms. The van der Waals surface area contributed by atoms with Gasteiger partial charge in [0, 0.05) is 32.3 Å². The van der Waals surface area contributed by atoms with Gasteiger partial charge in [0.2, 0.25) is 0 Å². The summed E-state index contributed by atoms with van der Waals surface area (Å²) in [4.78, 5) is 0. The number of ether oxygens (including phenoxy) is 1. The lowest BCUT2D eigenvalue weighted by Gasteiger charge is -2.34. The van der Waals surface area contributed by atoms with Crippen LogP contribution in [0, 0.1) is 11.3 Å². The molecular weight excluding hydrogens is 200 g/mol. The van der Waals surface area contributed by atoms with Crippen molar-refractivity contribution in [1.82, 2.24) is 5.32 Å². The van der Waals surface area contributed by atoms with E-state index in [2.05, 4.69) is 26.1 Å². The van der Waals surface area contributed by atoms with Crippen LogP contribution in [0.3, 0.4) is 0 Å². The molecule has 1 aliphatic rings. The van der Waals surface area contributed by atoms with Crippen molar-refractivity contribution in [1.29, 1.82) is 0 Å². The summed E-state index contributed by atoms with van der Waals surface area (Å²) in [5.74, 6) is 0.606. The van der Waals surface area contributed by atoms with Gasteiger partial charge in [-0.25, -0.2) is 0 Å². The minimum absolute atomic E-state index is 0.286. The Bertz CT molecular complexity index is 190. The minimum atomic E-state index is 0.286. The van der Waals surface area contributed by atoms with Gasteiger partial charge in [-0.2, -0.15) is 0 Å². The van der Waals surface area contributed by atoms with Crippen LogP contribution in [0.1, 0.15) is 40.0 Å². The Morgan fingerprint density at radius 2 is 2.00 bits per heavy atom. The Labute approximate surface area is 100 Å². The van der Waals surface area contributed by atoms with Crippen LogP contribution in [0.5, 0.6) is 0 Å². The molecule has 0 radical (unpaired) electrons. The van der Waals surface area contributed by atoms with Gasteiger partial charge in [-0.3, -0.25) is 0 Å². The predicted octanol–water partition coefficient (Wildman–Crippen LogP) is 1.77. The fourth-order valence-corrected chi connectivity index (χ4v) is 2.09. The van der Waals surface area contributed by atoms with E-state index < -0.39 is 0 Å². The van der Waals surface area contributed by atoms with Crippen molar-refractivity contribution in [3.05, 3.63) is 0 Å². The third-order valence-corrected chi connectivity index (χ3v) is 4.01. The van der Waals surface area contributed by atoms with Crippen LogP contribution in [0.15, 0.2) is 0 Å². The molecule has 1 fully saturated rings. The van der Waals surface area contributed by atoms with E-state index in [4.69, 9.17) is 10.5 Å². The summed E-state index contributed by atoms with van der Waals surface area (Å²) in [6.45, 7) is 10.6. The number of rotatable bonds is 6. The van der Waals surface area contributed by atoms with Gasteiger partial charge >= 0.3 is 0 Å². The van der Waals surface area contributed by atoms with Gasteiger partial charge in [0.15, 0.2) is 0 Å². The van der Waals surface area contributed by atoms with E-state index in [1.807, 2.05) is 0 Å². The van der Waals surface area contributed by atoms with Crippen molar-refractivity contribution in [2.24, 2.45) is 17.1 Å². The molecule has 2 unspecified atom stereocenters. The van der Waals surface area contributed by atoms with Gasteiger partial charge in [-0.05, 0) is 24.2 Å². The normalized spacial score (nSPS) is 24.0. The van der Waals surface area contributed by atoms with E-state index in [1.165, 1.54) is 12.8 Å². The van der Waals surface area contributed by atoms with Crippen LogP contribution in [0.25, 0.3) is 0 Å². The highest BCUT2D eigenvalue weighted by atomic mass is 16.5. The fraction of sp³-hybridized carbons (Fsp3) is 1.00. The Hall–Kier alpha value is -0.120. The smallest absolute Gasteiger partial charge is 0.0471 e. The molecule has 2 atom stereocenters. The second-order valence-electron chi connectivity index (χ2n) is 5.60. The third-order valence-electron chi connectivity index (χ3n) is 4.01. The van der Waals surface area contributed by atoms with Crippen molar-refractivity contribution in [3.8, 4) is 0 Å². The topological polar surface area (TPSA) is 47.3 Å². The number of hydrogen-bond acceptors (Lipinski definition) is 3. The summed E-state index contributed by atoms with van der Waals surface area (Å²) in [5, 5.41) is 3.53. The zero-order valence-electron chi connectivity index (χ0n) is 11.1. The highest BCUT2D eigenvalue weighted by Gasteiger charge is 2.27. The monoisotopic (exact) mass is 228 g/mol. The molecule has 0 aromatic rings. The molecule has 96 valence electrons. The Morgan fingerprint density at radius 3 is 2.56 bits per heavy atom. The quantitative estimate of drug-likeness (QED) is 0.728. The average Bonchev–Trinajstić information content (AvgIpc) is 2.28. The van der Waals surface area contributed by atoms with Crippen molar-refractivity contribution in [2.45, 2.75) is 46.1 Å². The van der Waals surface area contributed by atoms with Crippen LogP contribution >= 0.6 is 0 Å². The highest BCUT2D eigenvalue weighted by molar-refractivity contribution is 4.81. The molecule has 16 heavy (non-hydrogen) atoms. The molecule has 1 heterocycles. The lowest BCUT2D eigenvalue weighted by Crippen LogP contribution is -2.43.